The molecule has 1 heterocycles. The van der Waals surface area contributed by atoms with Gasteiger partial charge in [0.15, 0.2) is 0 Å². The van der Waals surface area contributed by atoms with Gasteiger partial charge in [0, 0.05) is 21.7 Å². The number of hydrogen-bond donors (Lipinski definition) is 3. The first kappa shape index (κ1) is 16.3. The minimum Gasteiger partial charge on any atom is -0.508 e. The normalized spacial score (nSPS) is 11.2. The summed E-state index contributed by atoms with van der Waals surface area (Å²) < 4.78 is 0.920. The highest BCUT2D eigenvalue weighted by Crippen LogP contribution is 2.35. The number of hydrazone groups is 1. The third-order valence-corrected chi connectivity index (χ3v) is 5.12. The molecule has 0 aliphatic carbocycles. The molecule has 7 heteroatoms. The van der Waals surface area contributed by atoms with Crippen LogP contribution in [0.4, 0.5) is 0 Å². The van der Waals surface area contributed by atoms with Crippen molar-refractivity contribution >= 4 is 45.1 Å². The van der Waals surface area contributed by atoms with Gasteiger partial charge < -0.3 is 10.2 Å². The van der Waals surface area contributed by atoms with Gasteiger partial charge in [0.1, 0.15) is 16.4 Å². The molecule has 0 saturated heterocycles. The van der Waals surface area contributed by atoms with Crippen molar-refractivity contribution in [3.8, 4) is 11.5 Å². The van der Waals surface area contributed by atoms with Crippen LogP contribution >= 0.6 is 22.9 Å². The number of hydrogen-bond acceptors (Lipinski definition) is 5. The smallest absolute Gasteiger partial charge is 0.283 e. The Morgan fingerprint density at radius 1 is 1.29 bits per heavy atom. The van der Waals surface area contributed by atoms with E-state index in [0.29, 0.717) is 21.0 Å². The Hall–Kier alpha value is -2.57. The number of nitrogens with one attached hydrogen (secondary N) is 1. The van der Waals surface area contributed by atoms with Crippen LogP contribution in [0.15, 0.2) is 41.5 Å². The largest absolute Gasteiger partial charge is 0.508 e. The van der Waals surface area contributed by atoms with Crippen molar-refractivity contribution in [1.82, 2.24) is 5.43 Å². The van der Waals surface area contributed by atoms with Crippen molar-refractivity contribution < 1.29 is 15.0 Å². The number of aryl methyl sites for hydroxylation is 1. The van der Waals surface area contributed by atoms with Crippen LogP contribution in [-0.4, -0.2) is 22.3 Å². The summed E-state index contributed by atoms with van der Waals surface area (Å²) in [4.78, 5) is 12.6. The summed E-state index contributed by atoms with van der Waals surface area (Å²) in [7, 11) is 0. The van der Waals surface area contributed by atoms with Crippen molar-refractivity contribution in [3.63, 3.8) is 0 Å². The maximum Gasteiger partial charge on any atom is 0.283 e. The number of carbonyl (C=O) groups excluding carboxylic acids is 1. The molecule has 1 aromatic heterocycles. The lowest BCUT2D eigenvalue weighted by atomic mass is 10.1. The highest BCUT2D eigenvalue weighted by Gasteiger charge is 2.16. The van der Waals surface area contributed by atoms with E-state index in [2.05, 4.69) is 10.5 Å². The standard InChI is InChI=1S/C17H13ClN2O3S/c1-9-6-10(21)7-13(22)12(9)8-19-20-17(23)16-15(18)11-4-2-3-5-14(11)24-16/h2-8,21-22H,1H3,(H,20,23)/b19-8+. The van der Waals surface area contributed by atoms with E-state index in [-0.39, 0.29) is 11.5 Å². The quantitative estimate of drug-likeness (QED) is 0.487. The summed E-state index contributed by atoms with van der Waals surface area (Å²) >= 11 is 7.53. The van der Waals surface area contributed by atoms with Crippen LogP contribution < -0.4 is 5.43 Å². The summed E-state index contributed by atoms with van der Waals surface area (Å²) in [5.74, 6) is -0.581. The molecule has 3 rings (SSSR count). The average Bonchev–Trinajstić information content (AvgIpc) is 2.87. The van der Waals surface area contributed by atoms with Crippen molar-refractivity contribution in [2.75, 3.05) is 0 Å². The number of benzene rings is 2. The minimum absolute atomic E-state index is 0.0387. The first-order chi connectivity index (χ1) is 11.5. The average molecular weight is 361 g/mol. The van der Waals surface area contributed by atoms with Crippen LogP contribution in [0, 0.1) is 6.92 Å². The molecule has 0 radical (unpaired) electrons. The third kappa shape index (κ3) is 3.06. The number of aromatic hydroxyl groups is 2. The second-order valence-corrected chi connectivity index (χ2v) is 6.57. The fraction of sp³-hybridized carbons (Fsp3) is 0.0588. The zero-order valence-electron chi connectivity index (χ0n) is 12.6. The summed E-state index contributed by atoms with van der Waals surface area (Å²) in [5.41, 5.74) is 3.44. The lowest BCUT2D eigenvalue weighted by Gasteiger charge is -2.04. The molecule has 0 spiro atoms. The fourth-order valence-electron chi connectivity index (χ4n) is 2.30. The zero-order valence-corrected chi connectivity index (χ0v) is 14.1. The molecule has 0 aliphatic heterocycles. The molecule has 24 heavy (non-hydrogen) atoms. The molecule has 5 nitrogen and oxygen atoms in total. The first-order valence-corrected chi connectivity index (χ1v) is 8.20. The van der Waals surface area contributed by atoms with Gasteiger partial charge in [-0.3, -0.25) is 4.79 Å². The molecule has 3 aromatic rings. The highest BCUT2D eigenvalue weighted by molar-refractivity contribution is 7.21. The number of amides is 1. The Labute approximate surface area is 146 Å². The Kier molecular flexibility index (Phi) is 4.42. The predicted octanol–water partition coefficient (Wildman–Crippen LogP) is 4.04. The van der Waals surface area contributed by atoms with E-state index in [0.717, 1.165) is 10.1 Å². The third-order valence-electron chi connectivity index (χ3n) is 3.45. The van der Waals surface area contributed by atoms with E-state index >= 15 is 0 Å². The van der Waals surface area contributed by atoms with E-state index in [1.165, 1.54) is 29.7 Å². The zero-order chi connectivity index (χ0) is 17.3. The van der Waals surface area contributed by atoms with Crippen LogP contribution in [0.25, 0.3) is 10.1 Å². The molecule has 0 aliphatic rings. The Balaban J connectivity index is 1.81. The number of rotatable bonds is 3. The van der Waals surface area contributed by atoms with Crippen LogP contribution in [0.3, 0.4) is 0 Å². The molecule has 1 amide bonds. The molecular weight excluding hydrogens is 348 g/mol. The van der Waals surface area contributed by atoms with Gasteiger partial charge in [-0.2, -0.15) is 5.10 Å². The second-order valence-electron chi connectivity index (χ2n) is 5.14. The van der Waals surface area contributed by atoms with Crippen LogP contribution in [0.1, 0.15) is 20.8 Å². The Morgan fingerprint density at radius 2 is 2.04 bits per heavy atom. The van der Waals surface area contributed by atoms with Crippen molar-refractivity contribution in [2.24, 2.45) is 5.10 Å². The molecule has 2 aromatic carbocycles. The van der Waals surface area contributed by atoms with Gasteiger partial charge >= 0.3 is 0 Å². The van der Waals surface area contributed by atoms with Gasteiger partial charge in [-0.05, 0) is 24.6 Å². The number of carbonyl (C=O) groups is 1. The van der Waals surface area contributed by atoms with Crippen LogP contribution in [0.2, 0.25) is 5.02 Å². The molecule has 0 bridgehead atoms. The van der Waals surface area contributed by atoms with E-state index < -0.39 is 5.91 Å². The van der Waals surface area contributed by atoms with Gasteiger partial charge in [-0.1, -0.05) is 29.8 Å². The van der Waals surface area contributed by atoms with Crippen LogP contribution in [0.5, 0.6) is 11.5 Å². The molecule has 122 valence electrons. The molecule has 0 fully saturated rings. The second kappa shape index (κ2) is 6.51. The fourth-order valence-corrected chi connectivity index (χ4v) is 3.70. The van der Waals surface area contributed by atoms with E-state index in [1.54, 1.807) is 6.92 Å². The first-order valence-electron chi connectivity index (χ1n) is 7.00. The summed E-state index contributed by atoms with van der Waals surface area (Å²) in [6, 6.07) is 10.2. The van der Waals surface area contributed by atoms with Gasteiger partial charge in [-0.15, -0.1) is 11.3 Å². The van der Waals surface area contributed by atoms with Gasteiger partial charge in [0.25, 0.3) is 5.91 Å². The molecule has 0 atom stereocenters. The monoisotopic (exact) mass is 360 g/mol. The van der Waals surface area contributed by atoms with Crippen molar-refractivity contribution in [1.29, 1.82) is 0 Å². The number of nitrogens with zero attached hydrogens (tertiary/aromatic N) is 1. The number of phenolic OH excluding ortho intramolecular Hbond substituents is 2. The van der Waals surface area contributed by atoms with Crippen molar-refractivity contribution in [3.05, 3.63) is 57.4 Å². The van der Waals surface area contributed by atoms with Gasteiger partial charge in [0.05, 0.1) is 11.2 Å². The SMILES string of the molecule is Cc1cc(O)cc(O)c1/C=N/NC(=O)c1sc2ccccc2c1Cl. The summed E-state index contributed by atoms with van der Waals surface area (Å²) in [6.45, 7) is 1.71. The maximum absolute atomic E-state index is 12.2. The Morgan fingerprint density at radius 3 is 2.75 bits per heavy atom. The summed E-state index contributed by atoms with van der Waals surface area (Å²) in [5, 5.41) is 24.3. The highest BCUT2D eigenvalue weighted by atomic mass is 35.5. The molecule has 0 unspecified atom stereocenters. The lowest BCUT2D eigenvalue weighted by molar-refractivity contribution is 0.0959. The minimum atomic E-state index is -0.423. The number of thiophene rings is 1. The topological polar surface area (TPSA) is 81.9 Å². The van der Waals surface area contributed by atoms with E-state index in [1.807, 2.05) is 24.3 Å². The number of fused-ring (bicyclic) bond motifs is 1. The maximum atomic E-state index is 12.2. The molecule has 3 N–H and O–H groups in total. The van der Waals surface area contributed by atoms with Gasteiger partial charge in [-0.25, -0.2) is 5.43 Å². The molecule has 0 saturated carbocycles. The number of halogens is 1. The molecular formula is C17H13ClN2O3S. The van der Waals surface area contributed by atoms with Gasteiger partial charge in [0.2, 0.25) is 0 Å². The predicted molar refractivity (Wildman–Crippen MR) is 96.4 cm³/mol. The van der Waals surface area contributed by atoms with Crippen molar-refractivity contribution in [2.45, 2.75) is 6.92 Å². The number of phenols is 2. The lowest BCUT2D eigenvalue weighted by Crippen LogP contribution is -2.16. The van der Waals surface area contributed by atoms with Crippen LogP contribution in [-0.2, 0) is 0 Å². The van der Waals surface area contributed by atoms with E-state index in [4.69, 9.17) is 11.6 Å². The van der Waals surface area contributed by atoms with E-state index in [9.17, 15) is 15.0 Å². The summed E-state index contributed by atoms with van der Waals surface area (Å²) in [6.07, 6.45) is 1.32. The Bertz CT molecular complexity index is 943.